The van der Waals surface area contributed by atoms with Crippen LogP contribution in [0.2, 0.25) is 5.02 Å². The van der Waals surface area contributed by atoms with Gasteiger partial charge in [0.1, 0.15) is 5.75 Å². The van der Waals surface area contributed by atoms with Crippen LogP contribution in [0.15, 0.2) is 30.3 Å². The maximum absolute atomic E-state index is 12.4. The van der Waals surface area contributed by atoms with Gasteiger partial charge in [-0.1, -0.05) is 17.7 Å². The third-order valence-electron chi connectivity index (χ3n) is 3.88. The number of benzene rings is 2. The molecule has 0 heterocycles. The number of carbonyl (C=O) groups excluding carboxylic acids is 1. The zero-order valence-corrected chi connectivity index (χ0v) is 14.9. The van der Waals surface area contributed by atoms with E-state index in [0.29, 0.717) is 5.02 Å². The van der Waals surface area contributed by atoms with Crippen LogP contribution in [0, 0.1) is 27.7 Å². The molecule has 1 atom stereocenters. The maximum Gasteiger partial charge on any atom is 0.265 e. The van der Waals surface area contributed by atoms with Crippen LogP contribution in [0.25, 0.3) is 0 Å². The number of ether oxygens (including phenoxy) is 1. The van der Waals surface area contributed by atoms with Gasteiger partial charge in [0.15, 0.2) is 6.10 Å². The molecule has 0 aliphatic rings. The van der Waals surface area contributed by atoms with E-state index in [0.717, 1.165) is 33.7 Å². The highest BCUT2D eigenvalue weighted by molar-refractivity contribution is 6.30. The van der Waals surface area contributed by atoms with Crippen molar-refractivity contribution in [2.24, 2.45) is 0 Å². The number of hydrogen-bond acceptors (Lipinski definition) is 2. The summed E-state index contributed by atoms with van der Waals surface area (Å²) in [5, 5.41) is 3.53. The first kappa shape index (κ1) is 17.4. The van der Waals surface area contributed by atoms with E-state index in [1.54, 1.807) is 19.1 Å². The molecule has 1 amide bonds. The lowest BCUT2D eigenvalue weighted by molar-refractivity contribution is -0.122. The van der Waals surface area contributed by atoms with Crippen molar-refractivity contribution in [1.29, 1.82) is 0 Å². The molecular weight excluding hydrogens is 310 g/mol. The second-order valence-electron chi connectivity index (χ2n) is 5.91. The van der Waals surface area contributed by atoms with Crippen molar-refractivity contribution in [2.75, 3.05) is 5.32 Å². The zero-order valence-electron chi connectivity index (χ0n) is 14.2. The van der Waals surface area contributed by atoms with Gasteiger partial charge in [-0.05, 0) is 81.1 Å². The molecule has 0 radical (unpaired) electrons. The summed E-state index contributed by atoms with van der Waals surface area (Å²) < 4.78 is 5.87. The van der Waals surface area contributed by atoms with E-state index < -0.39 is 6.10 Å². The third-order valence-corrected chi connectivity index (χ3v) is 4.12. The Hall–Kier alpha value is -2.00. The Morgan fingerprint density at radius 1 is 1.09 bits per heavy atom. The van der Waals surface area contributed by atoms with Crippen LogP contribution in [0.1, 0.15) is 29.2 Å². The van der Waals surface area contributed by atoms with Crippen LogP contribution in [0.3, 0.4) is 0 Å². The lowest BCUT2D eigenvalue weighted by Crippen LogP contribution is -2.30. The van der Waals surface area contributed by atoms with E-state index in [1.165, 1.54) is 0 Å². The Kier molecular flexibility index (Phi) is 5.32. The Labute approximate surface area is 142 Å². The van der Waals surface area contributed by atoms with Gasteiger partial charge in [-0.15, -0.1) is 0 Å². The molecule has 3 nitrogen and oxygen atoms in total. The fraction of sp³-hybridized carbons (Fsp3) is 0.316. The smallest absolute Gasteiger partial charge is 0.265 e. The summed E-state index contributed by atoms with van der Waals surface area (Å²) in [6, 6.07) is 9.43. The van der Waals surface area contributed by atoms with Crippen molar-refractivity contribution in [2.45, 2.75) is 40.7 Å². The second kappa shape index (κ2) is 7.05. The third kappa shape index (κ3) is 4.26. The van der Waals surface area contributed by atoms with Gasteiger partial charge in [-0.2, -0.15) is 0 Å². The van der Waals surface area contributed by atoms with Gasteiger partial charge in [-0.3, -0.25) is 4.79 Å². The summed E-state index contributed by atoms with van der Waals surface area (Å²) in [6.45, 7) is 9.70. The first-order valence-corrected chi connectivity index (χ1v) is 7.97. The first-order chi connectivity index (χ1) is 10.8. The highest BCUT2D eigenvalue weighted by Crippen LogP contribution is 2.25. The molecule has 0 aliphatic heterocycles. The van der Waals surface area contributed by atoms with Gasteiger partial charge < -0.3 is 10.1 Å². The van der Waals surface area contributed by atoms with Crippen molar-refractivity contribution in [3.05, 3.63) is 57.6 Å². The van der Waals surface area contributed by atoms with Crippen molar-refractivity contribution in [3.8, 4) is 5.75 Å². The molecular formula is C19H22ClNO2. The van der Waals surface area contributed by atoms with Crippen LogP contribution in [0.5, 0.6) is 5.75 Å². The molecule has 0 bridgehead atoms. The topological polar surface area (TPSA) is 38.3 Å². The van der Waals surface area contributed by atoms with E-state index in [-0.39, 0.29) is 5.91 Å². The lowest BCUT2D eigenvalue weighted by Gasteiger charge is -2.18. The molecule has 0 aliphatic carbocycles. The summed E-state index contributed by atoms with van der Waals surface area (Å²) in [4.78, 5) is 12.4. The van der Waals surface area contributed by atoms with Gasteiger partial charge >= 0.3 is 0 Å². The van der Waals surface area contributed by atoms with Gasteiger partial charge in [-0.25, -0.2) is 0 Å². The van der Waals surface area contributed by atoms with E-state index in [1.807, 2.05) is 39.8 Å². The van der Waals surface area contributed by atoms with Gasteiger partial charge in [0.2, 0.25) is 0 Å². The molecule has 0 saturated carbocycles. The summed E-state index contributed by atoms with van der Waals surface area (Å²) in [6.07, 6.45) is -0.593. The summed E-state index contributed by atoms with van der Waals surface area (Å²) in [5.41, 5.74) is 4.98. The predicted molar refractivity (Wildman–Crippen MR) is 95.6 cm³/mol. The van der Waals surface area contributed by atoms with Crippen molar-refractivity contribution in [1.82, 2.24) is 0 Å². The van der Waals surface area contributed by atoms with Crippen molar-refractivity contribution >= 4 is 23.2 Å². The number of aryl methyl sites for hydroxylation is 3. The maximum atomic E-state index is 12.4. The molecule has 0 aromatic heterocycles. The average molecular weight is 332 g/mol. The monoisotopic (exact) mass is 331 g/mol. The minimum Gasteiger partial charge on any atom is -0.481 e. The molecule has 2 aromatic carbocycles. The quantitative estimate of drug-likeness (QED) is 0.858. The van der Waals surface area contributed by atoms with E-state index in [9.17, 15) is 4.79 Å². The predicted octanol–water partition coefficient (Wildman–Crippen LogP) is 4.98. The Bertz CT molecular complexity index is 740. The first-order valence-electron chi connectivity index (χ1n) is 7.59. The number of amides is 1. The SMILES string of the molecule is Cc1cc(C)c(C)c(O[C@H](C)C(=O)Nc2ccc(Cl)cc2C)c1. The van der Waals surface area contributed by atoms with E-state index in [2.05, 4.69) is 11.4 Å². The number of anilines is 1. The highest BCUT2D eigenvalue weighted by Gasteiger charge is 2.17. The molecule has 2 rings (SSSR count). The van der Waals surface area contributed by atoms with Crippen LogP contribution in [0.4, 0.5) is 5.69 Å². The standard InChI is InChI=1S/C19H22ClNO2/c1-11-8-12(2)14(4)18(9-11)23-15(5)19(22)21-17-7-6-16(20)10-13(17)3/h6-10,15H,1-5H3,(H,21,22)/t15-/m1/s1. The minimum absolute atomic E-state index is 0.186. The molecule has 0 unspecified atom stereocenters. The molecule has 4 heteroatoms. The lowest BCUT2D eigenvalue weighted by atomic mass is 10.1. The number of hydrogen-bond donors (Lipinski definition) is 1. The molecule has 23 heavy (non-hydrogen) atoms. The van der Waals surface area contributed by atoms with Crippen LogP contribution in [-0.2, 0) is 4.79 Å². The summed E-state index contributed by atoms with van der Waals surface area (Å²) >= 11 is 5.93. The van der Waals surface area contributed by atoms with Gasteiger partial charge in [0.25, 0.3) is 5.91 Å². The highest BCUT2D eigenvalue weighted by atomic mass is 35.5. The van der Waals surface area contributed by atoms with Gasteiger partial charge in [0, 0.05) is 10.7 Å². The fourth-order valence-corrected chi connectivity index (χ4v) is 2.60. The fourth-order valence-electron chi connectivity index (χ4n) is 2.37. The molecule has 1 N–H and O–H groups in total. The van der Waals surface area contributed by atoms with Crippen LogP contribution >= 0.6 is 11.6 Å². The Morgan fingerprint density at radius 2 is 1.78 bits per heavy atom. The number of rotatable bonds is 4. The normalized spacial score (nSPS) is 11.9. The zero-order chi connectivity index (χ0) is 17.1. The summed E-state index contributed by atoms with van der Waals surface area (Å²) in [5.74, 6) is 0.562. The number of nitrogens with one attached hydrogen (secondary N) is 1. The summed E-state index contributed by atoms with van der Waals surface area (Å²) in [7, 11) is 0. The second-order valence-corrected chi connectivity index (χ2v) is 6.35. The van der Waals surface area contributed by atoms with Crippen LogP contribution < -0.4 is 10.1 Å². The van der Waals surface area contributed by atoms with Crippen molar-refractivity contribution < 1.29 is 9.53 Å². The van der Waals surface area contributed by atoms with Gasteiger partial charge in [0.05, 0.1) is 0 Å². The minimum atomic E-state index is -0.593. The molecule has 0 fully saturated rings. The average Bonchev–Trinajstić information content (AvgIpc) is 2.47. The van der Waals surface area contributed by atoms with Crippen molar-refractivity contribution in [3.63, 3.8) is 0 Å². The molecule has 0 spiro atoms. The Balaban J connectivity index is 2.11. The Morgan fingerprint density at radius 3 is 2.43 bits per heavy atom. The number of halogens is 1. The van der Waals surface area contributed by atoms with E-state index in [4.69, 9.17) is 16.3 Å². The van der Waals surface area contributed by atoms with Crippen LogP contribution in [-0.4, -0.2) is 12.0 Å². The molecule has 0 saturated heterocycles. The largest absolute Gasteiger partial charge is 0.481 e. The molecule has 122 valence electrons. The number of carbonyl (C=O) groups is 1. The van der Waals surface area contributed by atoms with E-state index >= 15 is 0 Å². The molecule has 2 aromatic rings.